The summed E-state index contributed by atoms with van der Waals surface area (Å²) in [6.45, 7) is 3.78. The zero-order valence-electron chi connectivity index (χ0n) is 10.3. The van der Waals surface area contributed by atoms with E-state index in [-0.39, 0.29) is 6.10 Å². The van der Waals surface area contributed by atoms with E-state index in [4.69, 9.17) is 15.2 Å². The molecule has 94 valence electrons. The number of hydrogen-bond donors (Lipinski definition) is 1. The third-order valence-corrected chi connectivity index (χ3v) is 2.96. The predicted octanol–water partition coefficient (Wildman–Crippen LogP) is 0.855. The molecule has 0 aromatic heterocycles. The molecule has 0 bridgehead atoms. The van der Waals surface area contributed by atoms with Gasteiger partial charge in [-0.3, -0.25) is 0 Å². The van der Waals surface area contributed by atoms with Crippen molar-refractivity contribution in [3.05, 3.63) is 29.8 Å². The van der Waals surface area contributed by atoms with Crippen LogP contribution in [-0.4, -0.2) is 44.4 Å². The van der Waals surface area contributed by atoms with Crippen molar-refractivity contribution in [3.8, 4) is 5.75 Å². The Morgan fingerprint density at radius 2 is 2.29 bits per heavy atom. The summed E-state index contributed by atoms with van der Waals surface area (Å²) in [6.07, 6.45) is 0.152. The fourth-order valence-electron chi connectivity index (χ4n) is 1.96. The number of nitrogens with zero attached hydrogens (tertiary/aromatic N) is 1. The average Bonchev–Trinajstić information content (AvgIpc) is 2.37. The Balaban J connectivity index is 1.88. The zero-order valence-corrected chi connectivity index (χ0v) is 10.3. The Morgan fingerprint density at radius 3 is 3.06 bits per heavy atom. The van der Waals surface area contributed by atoms with Gasteiger partial charge < -0.3 is 20.1 Å². The molecule has 0 aliphatic carbocycles. The van der Waals surface area contributed by atoms with Gasteiger partial charge in [-0.2, -0.15) is 0 Å². The van der Waals surface area contributed by atoms with E-state index in [1.165, 1.54) is 0 Å². The minimum Gasteiger partial charge on any atom is -0.490 e. The highest BCUT2D eigenvalue weighted by Crippen LogP contribution is 2.18. The van der Waals surface area contributed by atoms with Gasteiger partial charge in [0.15, 0.2) is 0 Å². The number of para-hydroxylation sites is 1. The lowest BCUT2D eigenvalue weighted by atomic mass is 10.2. The summed E-state index contributed by atoms with van der Waals surface area (Å²) >= 11 is 0. The third kappa shape index (κ3) is 3.43. The molecule has 0 spiro atoms. The van der Waals surface area contributed by atoms with E-state index < -0.39 is 0 Å². The molecule has 1 aromatic carbocycles. The molecule has 1 heterocycles. The fraction of sp³-hybridized carbons (Fsp3) is 0.538. The molecule has 1 aliphatic heterocycles. The second-order valence-electron chi connectivity index (χ2n) is 4.38. The molecule has 0 saturated carbocycles. The molecular formula is C13H20N2O2. The van der Waals surface area contributed by atoms with Crippen LogP contribution in [0.15, 0.2) is 24.3 Å². The van der Waals surface area contributed by atoms with Gasteiger partial charge in [-0.05, 0) is 13.1 Å². The number of rotatable bonds is 4. The van der Waals surface area contributed by atoms with Gasteiger partial charge in [0.1, 0.15) is 18.5 Å². The van der Waals surface area contributed by atoms with Crippen molar-refractivity contribution >= 4 is 0 Å². The van der Waals surface area contributed by atoms with Crippen molar-refractivity contribution < 1.29 is 9.47 Å². The first kappa shape index (κ1) is 12.4. The number of hydrogen-bond acceptors (Lipinski definition) is 4. The number of morpholine rings is 1. The van der Waals surface area contributed by atoms with Crippen LogP contribution in [0.4, 0.5) is 0 Å². The van der Waals surface area contributed by atoms with E-state index in [1.807, 2.05) is 24.3 Å². The molecule has 1 saturated heterocycles. The summed E-state index contributed by atoms with van der Waals surface area (Å²) in [4.78, 5) is 2.26. The summed E-state index contributed by atoms with van der Waals surface area (Å²) in [6, 6.07) is 7.88. The first-order chi connectivity index (χ1) is 8.29. The highest BCUT2D eigenvalue weighted by molar-refractivity contribution is 5.32. The second kappa shape index (κ2) is 6.00. The monoisotopic (exact) mass is 236 g/mol. The zero-order chi connectivity index (χ0) is 12.1. The lowest BCUT2D eigenvalue weighted by molar-refractivity contribution is -0.0404. The summed E-state index contributed by atoms with van der Waals surface area (Å²) in [5, 5.41) is 0. The average molecular weight is 236 g/mol. The lowest BCUT2D eigenvalue weighted by Crippen LogP contribution is -2.42. The van der Waals surface area contributed by atoms with Gasteiger partial charge in [0, 0.05) is 25.2 Å². The maximum Gasteiger partial charge on any atom is 0.123 e. The second-order valence-corrected chi connectivity index (χ2v) is 4.38. The molecule has 1 aliphatic rings. The van der Waals surface area contributed by atoms with Crippen LogP contribution >= 0.6 is 0 Å². The maximum absolute atomic E-state index is 5.78. The van der Waals surface area contributed by atoms with Gasteiger partial charge in [-0.1, -0.05) is 18.2 Å². The van der Waals surface area contributed by atoms with Crippen LogP contribution in [0.1, 0.15) is 5.56 Å². The highest BCUT2D eigenvalue weighted by atomic mass is 16.5. The normalized spacial score (nSPS) is 21.4. The highest BCUT2D eigenvalue weighted by Gasteiger charge is 2.18. The van der Waals surface area contributed by atoms with Gasteiger partial charge in [0.05, 0.1) is 6.61 Å². The summed E-state index contributed by atoms with van der Waals surface area (Å²) in [7, 11) is 2.10. The van der Waals surface area contributed by atoms with Crippen LogP contribution in [0.5, 0.6) is 5.75 Å². The van der Waals surface area contributed by atoms with Gasteiger partial charge in [-0.15, -0.1) is 0 Å². The van der Waals surface area contributed by atoms with Crippen molar-refractivity contribution in [3.63, 3.8) is 0 Å². The van der Waals surface area contributed by atoms with Crippen LogP contribution in [0.2, 0.25) is 0 Å². The van der Waals surface area contributed by atoms with Crippen molar-refractivity contribution in [1.29, 1.82) is 0 Å². The molecular weight excluding hydrogens is 216 g/mol. The van der Waals surface area contributed by atoms with Crippen LogP contribution in [0.25, 0.3) is 0 Å². The molecule has 1 aromatic rings. The van der Waals surface area contributed by atoms with E-state index in [1.54, 1.807) is 0 Å². The molecule has 4 heteroatoms. The first-order valence-electron chi connectivity index (χ1n) is 6.00. The van der Waals surface area contributed by atoms with Gasteiger partial charge in [-0.25, -0.2) is 0 Å². The van der Waals surface area contributed by atoms with E-state index in [0.717, 1.165) is 31.0 Å². The van der Waals surface area contributed by atoms with E-state index in [0.29, 0.717) is 13.2 Å². The summed E-state index contributed by atoms with van der Waals surface area (Å²) < 4.78 is 11.4. The topological polar surface area (TPSA) is 47.7 Å². The van der Waals surface area contributed by atoms with Crippen LogP contribution < -0.4 is 10.5 Å². The molecule has 2 N–H and O–H groups in total. The largest absolute Gasteiger partial charge is 0.490 e. The maximum atomic E-state index is 5.78. The van der Waals surface area contributed by atoms with Crippen molar-refractivity contribution in [2.45, 2.75) is 12.6 Å². The third-order valence-electron chi connectivity index (χ3n) is 2.96. The SMILES string of the molecule is CN1CCOC(COc2ccccc2CN)C1. The van der Waals surface area contributed by atoms with Gasteiger partial charge in [0.2, 0.25) is 0 Å². The first-order valence-corrected chi connectivity index (χ1v) is 6.00. The van der Waals surface area contributed by atoms with E-state index in [2.05, 4.69) is 11.9 Å². The van der Waals surface area contributed by atoms with Crippen molar-refractivity contribution in [2.24, 2.45) is 5.73 Å². The quantitative estimate of drug-likeness (QED) is 0.842. The standard InChI is InChI=1S/C13H20N2O2/c1-15-6-7-16-12(9-15)10-17-13-5-3-2-4-11(13)8-14/h2-5,12H,6-10,14H2,1H3. The van der Waals surface area contributed by atoms with Crippen molar-refractivity contribution in [1.82, 2.24) is 4.90 Å². The molecule has 1 unspecified atom stereocenters. The van der Waals surface area contributed by atoms with Crippen LogP contribution in [0, 0.1) is 0 Å². The minimum atomic E-state index is 0.152. The fourth-order valence-corrected chi connectivity index (χ4v) is 1.96. The number of benzene rings is 1. The Bertz CT molecular complexity index is 357. The Labute approximate surface area is 102 Å². The Kier molecular flexibility index (Phi) is 4.36. The number of likely N-dealkylation sites (N-methyl/N-ethyl adjacent to an activating group) is 1. The number of ether oxygens (including phenoxy) is 2. The van der Waals surface area contributed by atoms with Crippen molar-refractivity contribution in [2.75, 3.05) is 33.4 Å². The number of nitrogens with two attached hydrogens (primary N) is 1. The summed E-state index contributed by atoms with van der Waals surface area (Å²) in [5.41, 5.74) is 6.70. The van der Waals surface area contributed by atoms with Gasteiger partial charge in [0.25, 0.3) is 0 Å². The minimum absolute atomic E-state index is 0.152. The molecule has 0 radical (unpaired) electrons. The Hall–Kier alpha value is -1.10. The molecule has 1 atom stereocenters. The Morgan fingerprint density at radius 1 is 1.47 bits per heavy atom. The van der Waals surface area contributed by atoms with E-state index in [9.17, 15) is 0 Å². The molecule has 2 rings (SSSR count). The molecule has 17 heavy (non-hydrogen) atoms. The summed E-state index contributed by atoms with van der Waals surface area (Å²) in [5.74, 6) is 0.867. The molecule has 0 amide bonds. The van der Waals surface area contributed by atoms with Gasteiger partial charge >= 0.3 is 0 Å². The molecule has 4 nitrogen and oxygen atoms in total. The van der Waals surface area contributed by atoms with E-state index >= 15 is 0 Å². The predicted molar refractivity (Wildman–Crippen MR) is 67.1 cm³/mol. The lowest BCUT2D eigenvalue weighted by Gasteiger charge is -2.30. The smallest absolute Gasteiger partial charge is 0.123 e. The van der Waals surface area contributed by atoms with Crippen LogP contribution in [0.3, 0.4) is 0 Å². The van der Waals surface area contributed by atoms with Crippen LogP contribution in [-0.2, 0) is 11.3 Å². The molecule has 1 fully saturated rings.